The van der Waals surface area contributed by atoms with Crippen molar-refractivity contribution in [2.45, 2.75) is 30.3 Å². The molecule has 8 nitrogen and oxygen atoms in total. The van der Waals surface area contributed by atoms with E-state index in [0.29, 0.717) is 35.6 Å². The van der Waals surface area contributed by atoms with Crippen LogP contribution in [-0.2, 0) is 16.1 Å². The quantitative estimate of drug-likeness (QED) is 0.429. The number of carbonyl (C=O) groups excluding carboxylic acids is 2. The zero-order valence-corrected chi connectivity index (χ0v) is 15.8. The predicted octanol–water partition coefficient (Wildman–Crippen LogP) is 1.37. The van der Waals surface area contributed by atoms with Crippen molar-refractivity contribution in [3.8, 4) is 0 Å². The fourth-order valence-electron chi connectivity index (χ4n) is 2.29. The molecule has 2 N–H and O–H groups in total. The van der Waals surface area contributed by atoms with Crippen LogP contribution < -0.4 is 16.2 Å². The number of aromatic nitrogens is 2. The maximum absolute atomic E-state index is 12.8. The third-order valence-electron chi connectivity index (χ3n) is 3.67. The van der Waals surface area contributed by atoms with Crippen LogP contribution in [0.3, 0.4) is 0 Å². The van der Waals surface area contributed by atoms with Crippen molar-refractivity contribution < 1.29 is 14.3 Å². The van der Waals surface area contributed by atoms with Gasteiger partial charge in [-0.25, -0.2) is 9.78 Å². The van der Waals surface area contributed by atoms with Crippen LogP contribution in [0, 0.1) is 0 Å². The minimum atomic E-state index is -0.603. The van der Waals surface area contributed by atoms with Gasteiger partial charge in [0.05, 0.1) is 16.2 Å². The van der Waals surface area contributed by atoms with E-state index in [0.717, 1.165) is 11.8 Å². The molecule has 0 fully saturated rings. The first-order valence-corrected chi connectivity index (χ1v) is 9.03. The number of ether oxygens (including phenoxy) is 1. The van der Waals surface area contributed by atoms with Crippen LogP contribution >= 0.6 is 11.8 Å². The van der Waals surface area contributed by atoms with Gasteiger partial charge in [-0.15, -0.1) is 0 Å². The van der Waals surface area contributed by atoms with E-state index in [9.17, 15) is 14.4 Å². The molecular weight excluding hydrogens is 356 g/mol. The van der Waals surface area contributed by atoms with Crippen molar-refractivity contribution in [2.75, 3.05) is 20.8 Å². The van der Waals surface area contributed by atoms with Crippen LogP contribution in [-0.4, -0.2) is 47.5 Å². The molecule has 1 heterocycles. The fraction of sp³-hybridized carbons (Fsp3) is 0.412. The van der Waals surface area contributed by atoms with Crippen LogP contribution in [0.2, 0.25) is 0 Å². The first-order valence-electron chi connectivity index (χ1n) is 8.15. The van der Waals surface area contributed by atoms with Crippen LogP contribution in [0.1, 0.15) is 13.3 Å². The SMILES string of the molecule is CNC(=O)NC(=O)C(C)Sc1nc2ccccc2c(=O)n1CCCOC. The number of urea groups is 1. The number of fused-ring (bicyclic) bond motifs is 1. The summed E-state index contributed by atoms with van der Waals surface area (Å²) in [5.74, 6) is -0.458. The number of benzene rings is 1. The molecule has 26 heavy (non-hydrogen) atoms. The lowest BCUT2D eigenvalue weighted by atomic mass is 10.2. The Bertz CT molecular complexity index is 852. The van der Waals surface area contributed by atoms with E-state index >= 15 is 0 Å². The number of methoxy groups -OCH3 is 1. The second-order valence-corrected chi connectivity index (χ2v) is 6.85. The van der Waals surface area contributed by atoms with Gasteiger partial charge in [0.25, 0.3) is 5.56 Å². The van der Waals surface area contributed by atoms with Crippen LogP contribution in [0.4, 0.5) is 4.79 Å². The second kappa shape index (κ2) is 9.35. The molecule has 9 heteroatoms. The molecule has 140 valence electrons. The second-order valence-electron chi connectivity index (χ2n) is 5.54. The van der Waals surface area contributed by atoms with E-state index < -0.39 is 17.2 Å². The molecule has 0 radical (unpaired) electrons. The summed E-state index contributed by atoms with van der Waals surface area (Å²) in [5.41, 5.74) is 0.412. The summed E-state index contributed by atoms with van der Waals surface area (Å²) in [6, 6.07) is 6.51. The smallest absolute Gasteiger partial charge is 0.321 e. The molecule has 0 saturated heterocycles. The van der Waals surface area contributed by atoms with Gasteiger partial charge in [-0.2, -0.15) is 0 Å². The highest BCUT2D eigenvalue weighted by molar-refractivity contribution is 8.00. The highest BCUT2D eigenvalue weighted by atomic mass is 32.2. The summed E-state index contributed by atoms with van der Waals surface area (Å²) in [7, 11) is 3.03. The Kier molecular flexibility index (Phi) is 7.16. The van der Waals surface area contributed by atoms with Crippen molar-refractivity contribution in [1.29, 1.82) is 0 Å². The Morgan fingerprint density at radius 3 is 2.77 bits per heavy atom. The summed E-state index contributed by atoms with van der Waals surface area (Å²) >= 11 is 1.14. The van der Waals surface area contributed by atoms with Crippen LogP contribution in [0.15, 0.2) is 34.2 Å². The van der Waals surface area contributed by atoms with E-state index in [1.54, 1.807) is 42.9 Å². The molecule has 3 amide bonds. The van der Waals surface area contributed by atoms with E-state index in [1.165, 1.54) is 7.05 Å². The maximum atomic E-state index is 12.8. The topological polar surface area (TPSA) is 102 Å². The van der Waals surface area contributed by atoms with E-state index in [-0.39, 0.29) is 5.56 Å². The number of thioether (sulfide) groups is 1. The molecule has 0 aliphatic heterocycles. The molecule has 0 bridgehead atoms. The lowest BCUT2D eigenvalue weighted by molar-refractivity contribution is -0.119. The standard InChI is InChI=1S/C17H22N4O4S/c1-11(14(22)20-16(24)18-2)26-17-19-13-8-5-4-7-12(13)15(23)21(17)9-6-10-25-3/h4-5,7-8,11H,6,9-10H2,1-3H3,(H2,18,20,22,24). The van der Waals surface area contributed by atoms with Crippen molar-refractivity contribution >= 4 is 34.6 Å². The Balaban J connectivity index is 2.34. The molecule has 0 aliphatic carbocycles. The van der Waals surface area contributed by atoms with E-state index in [2.05, 4.69) is 15.6 Å². The van der Waals surface area contributed by atoms with Crippen molar-refractivity contribution in [1.82, 2.24) is 20.2 Å². The van der Waals surface area contributed by atoms with Gasteiger partial charge >= 0.3 is 6.03 Å². The average Bonchev–Trinajstić information content (AvgIpc) is 2.64. The molecule has 2 rings (SSSR count). The third kappa shape index (κ3) is 4.83. The summed E-state index contributed by atoms with van der Waals surface area (Å²) in [6.45, 7) is 2.59. The number of carbonyl (C=O) groups is 2. The molecule has 1 unspecified atom stereocenters. The number of amides is 3. The maximum Gasteiger partial charge on any atom is 0.321 e. The molecule has 1 atom stereocenters. The molecule has 0 spiro atoms. The number of hydrogen-bond donors (Lipinski definition) is 2. The number of rotatable bonds is 7. The van der Waals surface area contributed by atoms with E-state index in [1.807, 2.05) is 0 Å². The lowest BCUT2D eigenvalue weighted by Crippen LogP contribution is -2.41. The number of imide groups is 1. The molecule has 1 aromatic heterocycles. The van der Waals surface area contributed by atoms with Gasteiger partial charge in [-0.05, 0) is 25.5 Å². The highest BCUT2D eigenvalue weighted by Gasteiger charge is 2.20. The molecule has 2 aromatic rings. The van der Waals surface area contributed by atoms with Crippen molar-refractivity contribution in [3.63, 3.8) is 0 Å². The Morgan fingerprint density at radius 2 is 2.08 bits per heavy atom. The number of hydrogen-bond acceptors (Lipinski definition) is 6. The number of para-hydroxylation sites is 1. The van der Waals surface area contributed by atoms with Gasteiger partial charge in [0.15, 0.2) is 5.16 Å². The van der Waals surface area contributed by atoms with Crippen molar-refractivity contribution in [3.05, 3.63) is 34.6 Å². The third-order valence-corrected chi connectivity index (χ3v) is 4.76. The van der Waals surface area contributed by atoms with Crippen molar-refractivity contribution in [2.24, 2.45) is 0 Å². The van der Waals surface area contributed by atoms with Gasteiger partial charge in [0.2, 0.25) is 5.91 Å². The van der Waals surface area contributed by atoms with E-state index in [4.69, 9.17) is 4.74 Å². The Morgan fingerprint density at radius 1 is 1.35 bits per heavy atom. The molecular formula is C17H22N4O4S. The number of nitrogens with zero attached hydrogens (tertiary/aromatic N) is 2. The minimum absolute atomic E-state index is 0.159. The summed E-state index contributed by atoms with van der Waals surface area (Å²) < 4.78 is 6.61. The monoisotopic (exact) mass is 378 g/mol. The van der Waals surface area contributed by atoms with Gasteiger partial charge in [-0.1, -0.05) is 23.9 Å². The Hall–Kier alpha value is -2.39. The molecule has 0 aliphatic rings. The zero-order valence-electron chi connectivity index (χ0n) is 14.9. The first kappa shape index (κ1) is 19.9. The lowest BCUT2D eigenvalue weighted by Gasteiger charge is -2.16. The largest absolute Gasteiger partial charge is 0.385 e. The van der Waals surface area contributed by atoms with Gasteiger partial charge < -0.3 is 10.1 Å². The highest BCUT2D eigenvalue weighted by Crippen LogP contribution is 2.22. The molecule has 0 saturated carbocycles. The normalized spacial score (nSPS) is 12.0. The Labute approximate surface area is 155 Å². The average molecular weight is 378 g/mol. The van der Waals surface area contributed by atoms with Crippen LogP contribution in [0.25, 0.3) is 10.9 Å². The zero-order chi connectivity index (χ0) is 19.1. The fourth-order valence-corrected chi connectivity index (χ4v) is 3.22. The van der Waals surface area contributed by atoms with Gasteiger partial charge in [0.1, 0.15) is 0 Å². The summed E-state index contributed by atoms with van der Waals surface area (Å²) in [4.78, 5) is 40.8. The summed E-state index contributed by atoms with van der Waals surface area (Å²) in [5, 5.41) is 4.91. The molecule has 1 aromatic carbocycles. The van der Waals surface area contributed by atoms with Gasteiger partial charge in [0, 0.05) is 27.3 Å². The van der Waals surface area contributed by atoms with Crippen LogP contribution in [0.5, 0.6) is 0 Å². The first-order chi connectivity index (χ1) is 12.5. The number of nitrogens with one attached hydrogen (secondary N) is 2. The summed E-state index contributed by atoms with van der Waals surface area (Å²) in [6.07, 6.45) is 0.642. The predicted molar refractivity (Wildman–Crippen MR) is 100 cm³/mol. The minimum Gasteiger partial charge on any atom is -0.385 e. The van der Waals surface area contributed by atoms with Gasteiger partial charge in [-0.3, -0.25) is 19.5 Å².